The summed E-state index contributed by atoms with van der Waals surface area (Å²) in [5.41, 5.74) is 6.24. The summed E-state index contributed by atoms with van der Waals surface area (Å²) >= 11 is 0. The minimum Gasteiger partial charge on any atom is -0.394 e. The Hall–Kier alpha value is -0.610. The van der Waals surface area contributed by atoms with Crippen molar-refractivity contribution in [2.45, 2.75) is 31.2 Å². The maximum absolute atomic E-state index is 9.08. The van der Waals surface area contributed by atoms with Gasteiger partial charge in [0.1, 0.15) is 0 Å². The van der Waals surface area contributed by atoms with Crippen molar-refractivity contribution in [2.75, 3.05) is 13.2 Å². The molecule has 1 rings (SSSR count). The van der Waals surface area contributed by atoms with Gasteiger partial charge in [0.15, 0.2) is 0 Å². The molecule has 0 heterocycles. The predicted octanol–water partition coefficient (Wildman–Crippen LogP) is 1.67. The second-order valence-electron chi connectivity index (χ2n) is 4.53. The lowest BCUT2D eigenvalue weighted by molar-refractivity contribution is 0.111. The van der Waals surface area contributed by atoms with Gasteiger partial charge >= 0.3 is 0 Å². The van der Waals surface area contributed by atoms with Crippen LogP contribution in [0.5, 0.6) is 0 Å². The topological polar surface area (TPSA) is 66.5 Å². The van der Waals surface area contributed by atoms with Crippen molar-refractivity contribution in [2.24, 2.45) is 5.73 Å². The normalized spacial score (nSPS) is 12.9. The van der Waals surface area contributed by atoms with Crippen molar-refractivity contribution >= 4 is 12.4 Å². The largest absolute Gasteiger partial charge is 0.394 e. The molecule has 0 spiro atoms. The Labute approximate surface area is 109 Å². The maximum atomic E-state index is 9.08. The summed E-state index contributed by atoms with van der Waals surface area (Å²) in [6, 6.07) is 10.2. The molecule has 0 saturated heterocycles. The van der Waals surface area contributed by atoms with E-state index in [2.05, 4.69) is 19.1 Å². The van der Waals surface area contributed by atoms with E-state index in [0.717, 1.165) is 6.42 Å². The van der Waals surface area contributed by atoms with Crippen LogP contribution in [0.15, 0.2) is 30.3 Å². The van der Waals surface area contributed by atoms with Crippen LogP contribution in [0.3, 0.4) is 0 Å². The second kappa shape index (κ2) is 7.67. The Balaban J connectivity index is 0.00000256. The number of halogens is 1. The molecule has 1 aromatic rings. The van der Waals surface area contributed by atoms with Crippen molar-refractivity contribution < 1.29 is 10.2 Å². The van der Waals surface area contributed by atoms with Crippen molar-refractivity contribution in [1.29, 1.82) is 0 Å². The molecule has 0 aromatic heterocycles. The highest BCUT2D eigenvalue weighted by atomic mass is 35.5. The second-order valence-corrected chi connectivity index (χ2v) is 4.53. The average Bonchev–Trinajstić information content (AvgIpc) is 2.36. The van der Waals surface area contributed by atoms with Crippen LogP contribution in [0.2, 0.25) is 0 Å². The third kappa shape index (κ3) is 5.04. The van der Waals surface area contributed by atoms with E-state index in [1.54, 1.807) is 0 Å². The van der Waals surface area contributed by atoms with E-state index in [-0.39, 0.29) is 25.6 Å². The van der Waals surface area contributed by atoms with Gasteiger partial charge in [-0.3, -0.25) is 0 Å². The summed E-state index contributed by atoms with van der Waals surface area (Å²) in [6.07, 6.45) is 1.48. The molecular weight excluding hydrogens is 238 g/mol. The van der Waals surface area contributed by atoms with Crippen molar-refractivity contribution in [1.82, 2.24) is 0 Å². The summed E-state index contributed by atoms with van der Waals surface area (Å²) in [6.45, 7) is 1.78. The molecular formula is C13H22ClNO2. The molecule has 0 bridgehead atoms. The van der Waals surface area contributed by atoms with Gasteiger partial charge in [-0.25, -0.2) is 0 Å². The summed E-state index contributed by atoms with van der Waals surface area (Å²) in [4.78, 5) is 0. The molecule has 0 fully saturated rings. The van der Waals surface area contributed by atoms with Crippen LogP contribution in [0.4, 0.5) is 0 Å². The average molecular weight is 260 g/mol. The van der Waals surface area contributed by atoms with Crippen LogP contribution in [-0.4, -0.2) is 29.0 Å². The SMILES string of the molecule is CC(CCC(N)(CO)CO)c1ccccc1.Cl. The predicted molar refractivity (Wildman–Crippen MR) is 72.4 cm³/mol. The number of hydrogen-bond acceptors (Lipinski definition) is 3. The molecule has 1 unspecified atom stereocenters. The van der Waals surface area contributed by atoms with E-state index < -0.39 is 5.54 Å². The first-order valence-corrected chi connectivity index (χ1v) is 5.67. The third-order valence-electron chi connectivity index (χ3n) is 3.07. The zero-order valence-electron chi connectivity index (χ0n) is 10.2. The molecule has 0 radical (unpaired) electrons. The lowest BCUT2D eigenvalue weighted by Gasteiger charge is -2.26. The van der Waals surface area contributed by atoms with Crippen LogP contribution in [0.1, 0.15) is 31.2 Å². The van der Waals surface area contributed by atoms with E-state index in [0.29, 0.717) is 12.3 Å². The zero-order valence-corrected chi connectivity index (χ0v) is 11.0. The maximum Gasteiger partial charge on any atom is 0.0633 e. The summed E-state index contributed by atoms with van der Waals surface area (Å²) in [7, 11) is 0. The molecule has 0 aliphatic heterocycles. The van der Waals surface area contributed by atoms with Crippen LogP contribution >= 0.6 is 12.4 Å². The molecule has 0 saturated carbocycles. The standard InChI is InChI=1S/C13H21NO2.ClH/c1-11(12-5-3-2-4-6-12)7-8-13(14,9-15)10-16;/h2-6,11,15-16H,7-10,14H2,1H3;1H. The minimum atomic E-state index is -0.844. The van der Waals surface area contributed by atoms with Gasteiger partial charge in [-0.05, 0) is 24.3 Å². The Kier molecular flexibility index (Phi) is 7.39. The Bertz CT molecular complexity index is 302. The summed E-state index contributed by atoms with van der Waals surface area (Å²) in [5, 5.41) is 18.2. The quantitative estimate of drug-likeness (QED) is 0.728. The Morgan fingerprint density at radius 3 is 2.18 bits per heavy atom. The van der Waals surface area contributed by atoms with Crippen molar-refractivity contribution in [3.63, 3.8) is 0 Å². The molecule has 3 nitrogen and oxygen atoms in total. The highest BCUT2D eigenvalue weighted by Crippen LogP contribution is 2.23. The molecule has 0 amide bonds. The van der Waals surface area contributed by atoms with E-state index >= 15 is 0 Å². The fraction of sp³-hybridized carbons (Fsp3) is 0.538. The van der Waals surface area contributed by atoms with Crippen molar-refractivity contribution in [3.05, 3.63) is 35.9 Å². The molecule has 1 atom stereocenters. The smallest absolute Gasteiger partial charge is 0.0633 e. The molecule has 17 heavy (non-hydrogen) atoms. The third-order valence-corrected chi connectivity index (χ3v) is 3.07. The molecule has 0 aliphatic carbocycles. The van der Waals surface area contributed by atoms with E-state index in [9.17, 15) is 0 Å². The van der Waals surface area contributed by atoms with Gasteiger partial charge in [0.05, 0.1) is 18.8 Å². The molecule has 98 valence electrons. The highest BCUT2D eigenvalue weighted by molar-refractivity contribution is 5.85. The number of rotatable bonds is 6. The first kappa shape index (κ1) is 16.4. The number of benzene rings is 1. The lowest BCUT2D eigenvalue weighted by Crippen LogP contribution is -2.47. The summed E-state index contributed by atoms with van der Waals surface area (Å²) in [5.74, 6) is 0.391. The van der Waals surface area contributed by atoms with Gasteiger partial charge in [0.2, 0.25) is 0 Å². The first-order valence-electron chi connectivity index (χ1n) is 5.67. The lowest BCUT2D eigenvalue weighted by atomic mass is 9.88. The van der Waals surface area contributed by atoms with Gasteiger partial charge in [-0.15, -0.1) is 12.4 Å². The molecule has 1 aromatic carbocycles. The van der Waals surface area contributed by atoms with E-state index in [1.807, 2.05) is 18.2 Å². The van der Waals surface area contributed by atoms with Crippen LogP contribution in [0, 0.1) is 0 Å². The van der Waals surface area contributed by atoms with Gasteiger partial charge in [0.25, 0.3) is 0 Å². The zero-order chi connectivity index (χ0) is 12.0. The van der Waals surface area contributed by atoms with E-state index in [1.165, 1.54) is 5.56 Å². The summed E-state index contributed by atoms with van der Waals surface area (Å²) < 4.78 is 0. The fourth-order valence-electron chi connectivity index (χ4n) is 1.66. The Morgan fingerprint density at radius 2 is 1.71 bits per heavy atom. The number of nitrogens with two attached hydrogens (primary N) is 1. The number of aliphatic hydroxyl groups is 2. The number of aliphatic hydroxyl groups excluding tert-OH is 2. The monoisotopic (exact) mass is 259 g/mol. The van der Waals surface area contributed by atoms with Crippen LogP contribution in [0.25, 0.3) is 0 Å². The van der Waals surface area contributed by atoms with Crippen LogP contribution < -0.4 is 5.73 Å². The van der Waals surface area contributed by atoms with Gasteiger partial charge < -0.3 is 15.9 Å². The Morgan fingerprint density at radius 1 is 1.18 bits per heavy atom. The molecule has 4 heteroatoms. The van der Waals surface area contributed by atoms with Gasteiger partial charge in [-0.2, -0.15) is 0 Å². The van der Waals surface area contributed by atoms with Crippen LogP contribution in [-0.2, 0) is 0 Å². The first-order chi connectivity index (χ1) is 7.61. The molecule has 4 N–H and O–H groups in total. The van der Waals surface area contributed by atoms with E-state index in [4.69, 9.17) is 15.9 Å². The molecule has 0 aliphatic rings. The van der Waals surface area contributed by atoms with Crippen molar-refractivity contribution in [3.8, 4) is 0 Å². The number of hydrogen-bond donors (Lipinski definition) is 3. The highest BCUT2D eigenvalue weighted by Gasteiger charge is 2.23. The fourth-order valence-corrected chi connectivity index (χ4v) is 1.66. The van der Waals surface area contributed by atoms with Gasteiger partial charge in [0, 0.05) is 0 Å². The minimum absolute atomic E-state index is 0. The van der Waals surface area contributed by atoms with Gasteiger partial charge in [-0.1, -0.05) is 37.3 Å².